The minimum absolute atomic E-state index is 0.00329. The van der Waals surface area contributed by atoms with Gasteiger partial charge < -0.3 is 24.4 Å². The number of nitro groups is 1. The van der Waals surface area contributed by atoms with Gasteiger partial charge in [0.2, 0.25) is 5.91 Å². The van der Waals surface area contributed by atoms with Crippen LogP contribution in [0.2, 0.25) is 0 Å². The molecule has 0 aliphatic carbocycles. The van der Waals surface area contributed by atoms with E-state index in [4.69, 9.17) is 14.2 Å². The second-order valence-electron chi connectivity index (χ2n) is 7.75. The number of carbonyl (C=O) groups is 2. The van der Waals surface area contributed by atoms with Crippen molar-refractivity contribution in [3.63, 3.8) is 0 Å². The van der Waals surface area contributed by atoms with Gasteiger partial charge in [-0.25, -0.2) is 0 Å². The summed E-state index contributed by atoms with van der Waals surface area (Å²) in [5.41, 5.74) is 0.472. The number of rotatable bonds is 12. The molecule has 1 heterocycles. The van der Waals surface area contributed by atoms with Gasteiger partial charge in [0.05, 0.1) is 24.2 Å². The van der Waals surface area contributed by atoms with Crippen molar-refractivity contribution >= 4 is 28.9 Å². The summed E-state index contributed by atoms with van der Waals surface area (Å²) in [4.78, 5) is 37.1. The SMILES string of the molecule is CCCOc1cc(NC(=O)COc2ccc(N3CCCC3=O)cc2)c([N+](=O)[O-])cc1OCCC. The molecule has 0 spiro atoms. The van der Waals surface area contributed by atoms with E-state index in [1.165, 1.54) is 12.1 Å². The number of anilines is 2. The van der Waals surface area contributed by atoms with Gasteiger partial charge in [-0.05, 0) is 43.5 Å². The lowest BCUT2D eigenvalue weighted by Gasteiger charge is -2.16. The number of amides is 2. The predicted octanol–water partition coefficient (Wildman–Crippen LogP) is 4.32. The number of ether oxygens (including phenoxy) is 3. The smallest absolute Gasteiger partial charge is 0.296 e. The first-order valence-corrected chi connectivity index (χ1v) is 11.3. The third-order valence-electron chi connectivity index (χ3n) is 5.05. The van der Waals surface area contributed by atoms with Crippen LogP contribution in [0.1, 0.15) is 39.5 Å². The maximum atomic E-state index is 12.5. The molecule has 3 rings (SSSR count). The molecule has 1 fully saturated rings. The Morgan fingerprint density at radius 3 is 2.26 bits per heavy atom. The predicted molar refractivity (Wildman–Crippen MR) is 127 cm³/mol. The summed E-state index contributed by atoms with van der Waals surface area (Å²) >= 11 is 0. The van der Waals surface area contributed by atoms with E-state index in [-0.39, 0.29) is 29.6 Å². The number of hydrogen-bond acceptors (Lipinski definition) is 7. The number of nitrogens with zero attached hydrogens (tertiary/aromatic N) is 2. The molecule has 2 aromatic carbocycles. The molecule has 2 aromatic rings. The van der Waals surface area contributed by atoms with E-state index < -0.39 is 10.8 Å². The van der Waals surface area contributed by atoms with Gasteiger partial charge in [-0.1, -0.05) is 13.8 Å². The van der Waals surface area contributed by atoms with Crippen molar-refractivity contribution < 1.29 is 28.7 Å². The summed E-state index contributed by atoms with van der Waals surface area (Å²) in [7, 11) is 0. The third-order valence-corrected chi connectivity index (χ3v) is 5.05. The van der Waals surface area contributed by atoms with E-state index in [1.807, 2.05) is 13.8 Å². The van der Waals surface area contributed by atoms with Crippen molar-refractivity contribution in [1.29, 1.82) is 0 Å². The van der Waals surface area contributed by atoms with Crippen molar-refractivity contribution in [3.05, 3.63) is 46.5 Å². The molecule has 0 atom stereocenters. The second-order valence-corrected chi connectivity index (χ2v) is 7.75. The first-order chi connectivity index (χ1) is 16.4. The fraction of sp³-hybridized carbons (Fsp3) is 0.417. The van der Waals surface area contributed by atoms with Crippen LogP contribution in [0, 0.1) is 10.1 Å². The molecule has 0 bridgehead atoms. The molecule has 0 radical (unpaired) electrons. The summed E-state index contributed by atoms with van der Waals surface area (Å²) in [6.07, 6.45) is 2.85. The zero-order valence-electron chi connectivity index (χ0n) is 19.4. The van der Waals surface area contributed by atoms with Crippen LogP contribution in [0.15, 0.2) is 36.4 Å². The Morgan fingerprint density at radius 2 is 1.71 bits per heavy atom. The van der Waals surface area contributed by atoms with E-state index in [0.29, 0.717) is 37.7 Å². The zero-order valence-corrected chi connectivity index (χ0v) is 19.4. The Labute approximate surface area is 197 Å². The van der Waals surface area contributed by atoms with E-state index in [2.05, 4.69) is 5.32 Å². The van der Waals surface area contributed by atoms with Gasteiger partial charge in [0.1, 0.15) is 11.4 Å². The zero-order chi connectivity index (χ0) is 24.5. The molecule has 182 valence electrons. The van der Waals surface area contributed by atoms with Crippen LogP contribution in [0.3, 0.4) is 0 Å². The van der Waals surface area contributed by atoms with Crippen LogP contribution in [0.25, 0.3) is 0 Å². The highest BCUT2D eigenvalue weighted by Crippen LogP contribution is 2.38. The Bertz CT molecular complexity index is 1020. The maximum Gasteiger partial charge on any atom is 0.296 e. The Morgan fingerprint density at radius 1 is 1.06 bits per heavy atom. The van der Waals surface area contributed by atoms with Crippen LogP contribution >= 0.6 is 0 Å². The van der Waals surface area contributed by atoms with E-state index >= 15 is 0 Å². The lowest BCUT2D eigenvalue weighted by atomic mass is 10.2. The van der Waals surface area contributed by atoms with Crippen LogP contribution < -0.4 is 24.4 Å². The monoisotopic (exact) mass is 471 g/mol. The lowest BCUT2D eigenvalue weighted by Crippen LogP contribution is -2.23. The van der Waals surface area contributed by atoms with Crippen LogP contribution in [-0.4, -0.2) is 43.1 Å². The molecule has 10 nitrogen and oxygen atoms in total. The molecule has 2 amide bonds. The van der Waals surface area contributed by atoms with Gasteiger partial charge in [-0.3, -0.25) is 19.7 Å². The highest BCUT2D eigenvalue weighted by Gasteiger charge is 2.23. The highest BCUT2D eigenvalue weighted by atomic mass is 16.6. The summed E-state index contributed by atoms with van der Waals surface area (Å²) in [5.74, 6) is 0.543. The molecule has 0 unspecified atom stereocenters. The Kier molecular flexibility index (Phi) is 8.66. The number of carbonyl (C=O) groups excluding carboxylic acids is 2. The molecular weight excluding hydrogens is 442 g/mol. The summed E-state index contributed by atoms with van der Waals surface area (Å²) in [5, 5.41) is 14.1. The van der Waals surface area contributed by atoms with Gasteiger partial charge in [0.15, 0.2) is 18.1 Å². The number of benzene rings is 2. The van der Waals surface area contributed by atoms with Crippen molar-refractivity contribution in [2.24, 2.45) is 0 Å². The van der Waals surface area contributed by atoms with Gasteiger partial charge in [-0.15, -0.1) is 0 Å². The average molecular weight is 472 g/mol. The Hall–Kier alpha value is -3.82. The molecule has 1 N–H and O–H groups in total. The van der Waals surface area contributed by atoms with E-state index in [1.54, 1.807) is 29.2 Å². The van der Waals surface area contributed by atoms with Crippen LogP contribution in [0.4, 0.5) is 17.1 Å². The lowest BCUT2D eigenvalue weighted by molar-refractivity contribution is -0.384. The second kappa shape index (κ2) is 11.9. The van der Waals surface area contributed by atoms with Gasteiger partial charge in [0.25, 0.3) is 11.6 Å². The molecule has 34 heavy (non-hydrogen) atoms. The standard InChI is InChI=1S/C24H29N3O7/c1-3-12-32-21-14-19(20(27(30)31)15-22(21)33-13-4-2)25-23(28)16-34-18-9-7-17(8-10-18)26-11-5-6-24(26)29/h7-10,14-15H,3-6,11-13,16H2,1-2H3,(H,25,28). The number of nitro benzene ring substituents is 1. The van der Waals surface area contributed by atoms with E-state index in [9.17, 15) is 19.7 Å². The molecule has 10 heteroatoms. The fourth-order valence-electron chi connectivity index (χ4n) is 3.43. The van der Waals surface area contributed by atoms with Crippen LogP contribution in [-0.2, 0) is 9.59 Å². The molecular formula is C24H29N3O7. The molecule has 0 saturated carbocycles. The molecule has 1 aliphatic rings. The minimum Gasteiger partial charge on any atom is -0.490 e. The molecule has 0 aromatic heterocycles. The summed E-state index contributed by atoms with van der Waals surface area (Å²) in [6, 6.07) is 9.52. The molecule has 1 saturated heterocycles. The topological polar surface area (TPSA) is 120 Å². The minimum atomic E-state index is -0.586. The summed E-state index contributed by atoms with van der Waals surface area (Å²) in [6.45, 7) is 4.98. The number of nitrogens with one attached hydrogen (secondary N) is 1. The fourth-order valence-corrected chi connectivity index (χ4v) is 3.43. The first kappa shape index (κ1) is 24.8. The molecule has 1 aliphatic heterocycles. The van der Waals surface area contributed by atoms with Crippen LogP contribution in [0.5, 0.6) is 17.2 Å². The third kappa shape index (κ3) is 6.37. The Balaban J connectivity index is 1.67. The summed E-state index contributed by atoms with van der Waals surface area (Å²) < 4.78 is 16.8. The van der Waals surface area contributed by atoms with Gasteiger partial charge in [-0.2, -0.15) is 0 Å². The van der Waals surface area contributed by atoms with Crippen molar-refractivity contribution in [2.75, 3.05) is 36.6 Å². The van der Waals surface area contributed by atoms with Gasteiger partial charge >= 0.3 is 0 Å². The normalized spacial score (nSPS) is 13.0. The van der Waals surface area contributed by atoms with Crippen molar-refractivity contribution in [2.45, 2.75) is 39.5 Å². The average Bonchev–Trinajstić information content (AvgIpc) is 3.26. The van der Waals surface area contributed by atoms with E-state index in [0.717, 1.165) is 24.9 Å². The van der Waals surface area contributed by atoms with Crippen molar-refractivity contribution in [3.8, 4) is 17.2 Å². The van der Waals surface area contributed by atoms with Crippen molar-refractivity contribution in [1.82, 2.24) is 0 Å². The highest BCUT2D eigenvalue weighted by molar-refractivity contribution is 5.96. The number of hydrogen-bond donors (Lipinski definition) is 1. The first-order valence-electron chi connectivity index (χ1n) is 11.3. The van der Waals surface area contributed by atoms with Gasteiger partial charge in [0, 0.05) is 24.7 Å². The quantitative estimate of drug-likeness (QED) is 0.362. The largest absolute Gasteiger partial charge is 0.490 e. The maximum absolute atomic E-state index is 12.5.